The van der Waals surface area contributed by atoms with Gasteiger partial charge in [-0.3, -0.25) is 4.79 Å². The molecule has 0 radical (unpaired) electrons. The van der Waals surface area contributed by atoms with E-state index >= 15 is 0 Å². The van der Waals surface area contributed by atoms with Gasteiger partial charge in [0, 0.05) is 19.0 Å². The number of halogens is 1. The minimum atomic E-state index is -0.349. The lowest BCUT2D eigenvalue weighted by Gasteiger charge is -2.39. The number of nitrogens with zero attached hydrogens (tertiary/aromatic N) is 1. The van der Waals surface area contributed by atoms with Crippen molar-refractivity contribution in [2.24, 2.45) is 16.7 Å². The number of fused-ring (bicyclic) bond motifs is 2. The van der Waals surface area contributed by atoms with E-state index in [9.17, 15) is 9.18 Å². The van der Waals surface area contributed by atoms with E-state index < -0.39 is 0 Å². The van der Waals surface area contributed by atoms with E-state index in [0.717, 1.165) is 43.4 Å². The van der Waals surface area contributed by atoms with Gasteiger partial charge in [0.15, 0.2) is 0 Å². The van der Waals surface area contributed by atoms with E-state index in [1.807, 2.05) is 17.0 Å². The first-order valence-corrected chi connectivity index (χ1v) is 9.10. The molecule has 0 spiro atoms. The summed E-state index contributed by atoms with van der Waals surface area (Å²) in [6, 6.07) is 6.97. The van der Waals surface area contributed by atoms with Gasteiger partial charge in [-0.1, -0.05) is 44.2 Å². The van der Waals surface area contributed by atoms with Crippen LogP contribution < -0.4 is 0 Å². The predicted octanol–water partition coefficient (Wildman–Crippen LogP) is 4.52. The molecule has 2 bridgehead atoms. The van der Waals surface area contributed by atoms with Crippen LogP contribution in [0, 0.1) is 22.6 Å². The van der Waals surface area contributed by atoms with E-state index in [2.05, 4.69) is 20.4 Å². The van der Waals surface area contributed by atoms with Crippen LogP contribution in [0.2, 0.25) is 0 Å². The van der Waals surface area contributed by atoms with E-state index in [0.29, 0.717) is 12.5 Å². The van der Waals surface area contributed by atoms with Crippen LogP contribution in [0.3, 0.4) is 0 Å². The highest BCUT2D eigenvalue weighted by Crippen LogP contribution is 2.66. The summed E-state index contributed by atoms with van der Waals surface area (Å²) in [6.07, 6.45) is 3.88. The summed E-state index contributed by atoms with van der Waals surface area (Å²) < 4.78 is 14.1. The van der Waals surface area contributed by atoms with Crippen molar-refractivity contribution in [3.8, 4) is 0 Å². The van der Waals surface area contributed by atoms with Gasteiger partial charge in [0.1, 0.15) is 5.82 Å². The summed E-state index contributed by atoms with van der Waals surface area (Å²) in [5.74, 6) is 0.798. The van der Waals surface area contributed by atoms with E-state index in [1.165, 1.54) is 6.07 Å². The maximum Gasteiger partial charge on any atom is 0.232 e. The summed E-state index contributed by atoms with van der Waals surface area (Å²) in [6.45, 7) is 10.2. The molecule has 0 aromatic heterocycles. The Hall–Kier alpha value is -1.64. The van der Waals surface area contributed by atoms with Crippen molar-refractivity contribution >= 4 is 5.91 Å². The molecule has 3 atom stereocenters. The molecule has 1 aromatic carbocycles. The monoisotopic (exact) mass is 327 g/mol. The summed E-state index contributed by atoms with van der Waals surface area (Å²) in [5, 5.41) is 0. The van der Waals surface area contributed by atoms with Gasteiger partial charge in [-0.15, -0.1) is 0 Å². The number of rotatable bonds is 2. The molecule has 4 rings (SSSR count). The largest absolute Gasteiger partial charge is 0.341 e. The quantitative estimate of drug-likeness (QED) is 0.731. The Morgan fingerprint density at radius 2 is 2.04 bits per heavy atom. The first-order valence-electron chi connectivity index (χ1n) is 9.10. The van der Waals surface area contributed by atoms with Gasteiger partial charge in [-0.2, -0.15) is 0 Å². The third-order valence-corrected chi connectivity index (χ3v) is 7.12. The Morgan fingerprint density at radius 1 is 1.29 bits per heavy atom. The molecule has 3 aliphatic rings. The number of carbonyl (C=O) groups is 1. The summed E-state index contributed by atoms with van der Waals surface area (Å²) >= 11 is 0. The van der Waals surface area contributed by atoms with Crippen molar-refractivity contribution < 1.29 is 9.18 Å². The van der Waals surface area contributed by atoms with Gasteiger partial charge in [0.05, 0.1) is 5.41 Å². The molecular weight excluding hydrogens is 301 g/mol. The minimum absolute atomic E-state index is 0.0680. The van der Waals surface area contributed by atoms with Crippen molar-refractivity contribution in [3.63, 3.8) is 0 Å². The number of amides is 1. The number of likely N-dealkylation sites (tertiary alicyclic amines) is 1. The normalized spacial score (nSPS) is 34.1. The van der Waals surface area contributed by atoms with Gasteiger partial charge in [-0.05, 0) is 48.6 Å². The minimum Gasteiger partial charge on any atom is -0.341 e. The Morgan fingerprint density at radius 3 is 2.71 bits per heavy atom. The molecular formula is C21H26FNO. The third kappa shape index (κ3) is 2.03. The smallest absolute Gasteiger partial charge is 0.232 e. The van der Waals surface area contributed by atoms with Crippen molar-refractivity contribution in [3.05, 3.63) is 47.8 Å². The highest BCUT2D eigenvalue weighted by molar-refractivity contribution is 5.88. The van der Waals surface area contributed by atoms with Gasteiger partial charge in [-0.25, -0.2) is 4.39 Å². The summed E-state index contributed by atoms with van der Waals surface area (Å²) in [5.41, 5.74) is 1.60. The second-order valence-corrected chi connectivity index (χ2v) is 8.48. The standard InChI is InChI=1S/C21H26FNO/c1-14-20(2,3)16-8-10-21(14,12-16)19(24)23-11-9-15(13-23)17-6-4-5-7-18(17)22/h4-7,15-16H,1,8-13H2,2-3H3/t15-,16-,21-/m1/s1. The molecule has 1 amide bonds. The predicted molar refractivity (Wildman–Crippen MR) is 93.0 cm³/mol. The molecule has 1 heterocycles. The average Bonchev–Trinajstić information content (AvgIpc) is 3.25. The van der Waals surface area contributed by atoms with E-state index in [-0.39, 0.29) is 28.5 Å². The zero-order valence-electron chi connectivity index (χ0n) is 14.6. The Labute approximate surface area is 143 Å². The molecule has 3 fully saturated rings. The van der Waals surface area contributed by atoms with Crippen molar-refractivity contribution in [2.45, 2.75) is 45.4 Å². The lowest BCUT2D eigenvalue weighted by Crippen LogP contribution is -2.43. The zero-order chi connectivity index (χ0) is 17.1. The molecule has 0 N–H and O–H groups in total. The van der Waals surface area contributed by atoms with Crippen LogP contribution in [0.15, 0.2) is 36.4 Å². The maximum absolute atomic E-state index is 14.1. The Bertz CT molecular complexity index is 710. The van der Waals surface area contributed by atoms with Crippen molar-refractivity contribution in [1.82, 2.24) is 4.90 Å². The molecule has 1 aromatic rings. The van der Waals surface area contributed by atoms with Crippen molar-refractivity contribution in [2.75, 3.05) is 13.1 Å². The first kappa shape index (κ1) is 15.9. The topological polar surface area (TPSA) is 20.3 Å². The van der Waals surface area contributed by atoms with Crippen LogP contribution in [0.1, 0.15) is 51.0 Å². The fourth-order valence-electron chi connectivity index (χ4n) is 5.43. The SMILES string of the molecule is C=C1C(C)(C)[C@@H]2CC[C@@]1(C(=O)N1CC[C@@H](c3ccccc3F)C1)C2. The van der Waals surface area contributed by atoms with Crippen molar-refractivity contribution in [1.29, 1.82) is 0 Å². The first-order chi connectivity index (χ1) is 11.4. The Balaban J connectivity index is 1.55. The van der Waals surface area contributed by atoms with E-state index in [1.54, 1.807) is 6.07 Å². The molecule has 0 unspecified atom stereocenters. The summed E-state index contributed by atoms with van der Waals surface area (Å²) in [7, 11) is 0. The molecule has 24 heavy (non-hydrogen) atoms. The van der Waals surface area contributed by atoms with Gasteiger partial charge < -0.3 is 4.90 Å². The van der Waals surface area contributed by atoms with Crippen LogP contribution in [0.5, 0.6) is 0 Å². The fraction of sp³-hybridized carbons (Fsp3) is 0.571. The zero-order valence-corrected chi connectivity index (χ0v) is 14.6. The van der Waals surface area contributed by atoms with Crippen LogP contribution in [0.25, 0.3) is 0 Å². The lowest BCUT2D eigenvalue weighted by atomic mass is 9.68. The molecule has 3 heteroatoms. The number of hydrogen-bond donors (Lipinski definition) is 0. The highest BCUT2D eigenvalue weighted by Gasteiger charge is 2.62. The highest BCUT2D eigenvalue weighted by atomic mass is 19.1. The third-order valence-electron chi connectivity index (χ3n) is 7.12. The number of benzene rings is 1. The number of hydrogen-bond acceptors (Lipinski definition) is 1. The Kier molecular flexibility index (Phi) is 3.42. The van der Waals surface area contributed by atoms with Crippen LogP contribution in [-0.2, 0) is 4.79 Å². The van der Waals surface area contributed by atoms with Crippen LogP contribution >= 0.6 is 0 Å². The van der Waals surface area contributed by atoms with Gasteiger partial charge in [0.25, 0.3) is 0 Å². The second-order valence-electron chi connectivity index (χ2n) is 8.48. The molecule has 1 saturated heterocycles. The van der Waals surface area contributed by atoms with Gasteiger partial charge >= 0.3 is 0 Å². The summed E-state index contributed by atoms with van der Waals surface area (Å²) in [4.78, 5) is 15.3. The molecule has 1 aliphatic heterocycles. The van der Waals surface area contributed by atoms with Crippen LogP contribution in [-0.4, -0.2) is 23.9 Å². The molecule has 2 nitrogen and oxygen atoms in total. The molecule has 2 saturated carbocycles. The maximum atomic E-state index is 14.1. The molecule has 128 valence electrons. The lowest BCUT2D eigenvalue weighted by molar-refractivity contribution is -0.138. The van der Waals surface area contributed by atoms with Gasteiger partial charge in [0.2, 0.25) is 5.91 Å². The second kappa shape index (κ2) is 5.18. The molecule has 2 aliphatic carbocycles. The fourth-order valence-corrected chi connectivity index (χ4v) is 5.43. The van der Waals surface area contributed by atoms with E-state index in [4.69, 9.17) is 0 Å². The number of carbonyl (C=O) groups excluding carboxylic acids is 1. The van der Waals surface area contributed by atoms with Crippen LogP contribution in [0.4, 0.5) is 4.39 Å². The average molecular weight is 327 g/mol.